The minimum atomic E-state index is -1.42. The quantitative estimate of drug-likeness (QED) is 0.728. The third-order valence-electron chi connectivity index (χ3n) is 2.72. The van der Waals surface area contributed by atoms with E-state index in [4.69, 9.17) is 9.47 Å². The Labute approximate surface area is 97.9 Å². The van der Waals surface area contributed by atoms with Crippen LogP contribution in [0.15, 0.2) is 29.6 Å². The fourth-order valence-electron chi connectivity index (χ4n) is 1.78. The van der Waals surface area contributed by atoms with E-state index in [1.165, 1.54) is 5.56 Å². The predicted octanol–water partition coefficient (Wildman–Crippen LogP) is 3.58. The van der Waals surface area contributed by atoms with Crippen LogP contribution in [-0.4, -0.2) is 15.2 Å². The van der Waals surface area contributed by atoms with Gasteiger partial charge in [0.2, 0.25) is 6.29 Å². The third kappa shape index (κ3) is 2.06. The van der Waals surface area contributed by atoms with E-state index in [0.717, 1.165) is 10.9 Å². The number of ether oxygens (including phenoxy) is 2. The van der Waals surface area contributed by atoms with Crippen LogP contribution in [0.5, 0.6) is 0 Å². The minimum absolute atomic E-state index is 0.247. The van der Waals surface area contributed by atoms with E-state index in [-0.39, 0.29) is 6.29 Å². The number of methoxy groups -OCH3 is 1. The van der Waals surface area contributed by atoms with Crippen molar-refractivity contribution < 1.29 is 9.47 Å². The van der Waals surface area contributed by atoms with Gasteiger partial charge in [0.15, 0.2) is 0 Å². The fraction of sp³-hybridized carbons (Fsp3) is 0.385. The van der Waals surface area contributed by atoms with Gasteiger partial charge in [0.25, 0.3) is 0 Å². The zero-order chi connectivity index (χ0) is 11.8. The maximum absolute atomic E-state index is 5.93. The van der Waals surface area contributed by atoms with Gasteiger partial charge in [-0.1, -0.05) is 43.9 Å². The molecular weight excluding hydrogens is 216 g/mol. The molecule has 0 unspecified atom stereocenters. The average Bonchev–Trinajstić information content (AvgIpc) is 2.26. The lowest BCUT2D eigenvalue weighted by Gasteiger charge is -2.31. The molecule has 1 aromatic carbocycles. The summed E-state index contributed by atoms with van der Waals surface area (Å²) in [7, 11) is 0.265. The molecule has 0 saturated carbocycles. The molecule has 2 rings (SSSR count). The zero-order valence-electron chi connectivity index (χ0n) is 10.3. The van der Waals surface area contributed by atoms with E-state index in [1.807, 2.05) is 6.07 Å². The summed E-state index contributed by atoms with van der Waals surface area (Å²) in [4.78, 5) is 0. The first-order chi connectivity index (χ1) is 7.52. The largest absolute Gasteiger partial charge is 0.470 e. The van der Waals surface area contributed by atoms with Crippen molar-refractivity contribution in [3.05, 3.63) is 40.8 Å². The van der Waals surface area contributed by atoms with Crippen molar-refractivity contribution in [2.24, 2.45) is 0 Å². The van der Waals surface area contributed by atoms with E-state index in [2.05, 4.69) is 43.9 Å². The van der Waals surface area contributed by atoms with E-state index >= 15 is 0 Å². The monoisotopic (exact) mass is 234 g/mol. The normalized spacial score (nSPS) is 19.8. The summed E-state index contributed by atoms with van der Waals surface area (Å²) in [5.41, 5.74) is 2.34. The smallest absolute Gasteiger partial charge is 0.225 e. The lowest BCUT2D eigenvalue weighted by molar-refractivity contribution is -0.0930. The average molecular weight is 234 g/mol. The first-order valence-electron chi connectivity index (χ1n) is 5.53. The van der Waals surface area contributed by atoms with Crippen LogP contribution >= 0.6 is 0 Å². The molecule has 1 atom stereocenters. The molecule has 0 N–H and O–H groups in total. The zero-order valence-corrected chi connectivity index (χ0v) is 11.3. The second-order valence-corrected chi connectivity index (χ2v) is 10.1. The SMILES string of the molecule is CO[C@H]1OC([Si](C)(C)C)=Cc2ccccc21. The van der Waals surface area contributed by atoms with Gasteiger partial charge in [0.1, 0.15) is 8.07 Å². The molecule has 0 amide bonds. The van der Waals surface area contributed by atoms with Crippen molar-refractivity contribution in [3.8, 4) is 0 Å². The van der Waals surface area contributed by atoms with Gasteiger partial charge in [-0.2, -0.15) is 0 Å². The standard InChI is InChI=1S/C13H18O2Si/c1-14-13-11-8-6-5-7-10(11)9-12(15-13)16(2,3)4/h5-9,13H,1-4H3/t13-/m0/s1. The van der Waals surface area contributed by atoms with Gasteiger partial charge in [0, 0.05) is 12.7 Å². The van der Waals surface area contributed by atoms with Gasteiger partial charge in [0.05, 0.1) is 5.38 Å². The van der Waals surface area contributed by atoms with Crippen LogP contribution in [0.3, 0.4) is 0 Å². The number of hydrogen-bond acceptors (Lipinski definition) is 2. The van der Waals surface area contributed by atoms with Crippen molar-refractivity contribution in [2.45, 2.75) is 25.9 Å². The second-order valence-electron chi connectivity index (χ2n) is 5.07. The van der Waals surface area contributed by atoms with E-state index in [1.54, 1.807) is 7.11 Å². The number of fused-ring (bicyclic) bond motifs is 1. The Balaban J connectivity index is 2.47. The van der Waals surface area contributed by atoms with Crippen LogP contribution in [0.1, 0.15) is 17.4 Å². The molecule has 1 aromatic rings. The molecule has 16 heavy (non-hydrogen) atoms. The Kier molecular flexibility index (Phi) is 2.91. The molecule has 0 aliphatic carbocycles. The van der Waals surface area contributed by atoms with Crippen molar-refractivity contribution in [2.75, 3.05) is 7.11 Å². The Morgan fingerprint density at radius 1 is 1.19 bits per heavy atom. The van der Waals surface area contributed by atoms with Gasteiger partial charge < -0.3 is 9.47 Å². The number of benzene rings is 1. The Morgan fingerprint density at radius 2 is 1.88 bits per heavy atom. The molecule has 1 heterocycles. The van der Waals surface area contributed by atoms with Gasteiger partial charge in [-0.15, -0.1) is 0 Å². The second kappa shape index (κ2) is 4.07. The summed E-state index contributed by atoms with van der Waals surface area (Å²) in [6, 6.07) is 8.24. The molecule has 2 nitrogen and oxygen atoms in total. The Bertz CT molecular complexity index is 418. The molecule has 1 aliphatic rings. The van der Waals surface area contributed by atoms with Crippen LogP contribution in [0.2, 0.25) is 19.6 Å². The highest BCUT2D eigenvalue weighted by Gasteiger charge is 2.29. The molecule has 0 bridgehead atoms. The highest BCUT2D eigenvalue weighted by Crippen LogP contribution is 2.34. The maximum atomic E-state index is 5.93. The van der Waals surface area contributed by atoms with Gasteiger partial charge in [-0.05, 0) is 11.6 Å². The molecule has 86 valence electrons. The molecule has 0 radical (unpaired) electrons. The van der Waals surface area contributed by atoms with Crippen molar-refractivity contribution in [1.82, 2.24) is 0 Å². The van der Waals surface area contributed by atoms with Gasteiger partial charge >= 0.3 is 0 Å². The molecular formula is C13H18O2Si. The summed E-state index contributed by atoms with van der Waals surface area (Å²) in [6.07, 6.45) is 1.92. The highest BCUT2D eigenvalue weighted by atomic mass is 28.3. The minimum Gasteiger partial charge on any atom is -0.470 e. The third-order valence-corrected chi connectivity index (χ3v) is 4.46. The lowest BCUT2D eigenvalue weighted by atomic mass is 10.1. The first kappa shape index (κ1) is 11.4. The summed E-state index contributed by atoms with van der Waals surface area (Å²) in [5, 5.41) is 1.11. The fourth-order valence-corrected chi connectivity index (χ4v) is 2.83. The van der Waals surface area contributed by atoms with Crippen molar-refractivity contribution in [3.63, 3.8) is 0 Å². The summed E-state index contributed by atoms with van der Waals surface area (Å²) >= 11 is 0. The Hall–Kier alpha value is -1.06. The summed E-state index contributed by atoms with van der Waals surface area (Å²) < 4.78 is 11.3. The molecule has 1 aliphatic heterocycles. The highest BCUT2D eigenvalue weighted by molar-refractivity contribution is 6.83. The maximum Gasteiger partial charge on any atom is 0.225 e. The van der Waals surface area contributed by atoms with Gasteiger partial charge in [-0.25, -0.2) is 0 Å². The summed E-state index contributed by atoms with van der Waals surface area (Å²) in [6.45, 7) is 6.83. The van der Waals surface area contributed by atoms with Crippen LogP contribution in [0, 0.1) is 0 Å². The van der Waals surface area contributed by atoms with Crippen molar-refractivity contribution >= 4 is 14.1 Å². The molecule has 0 spiro atoms. The molecule has 0 fully saturated rings. The van der Waals surface area contributed by atoms with Crippen LogP contribution in [0.4, 0.5) is 0 Å². The lowest BCUT2D eigenvalue weighted by Crippen LogP contribution is -2.29. The predicted molar refractivity (Wildman–Crippen MR) is 68.6 cm³/mol. The molecule has 3 heteroatoms. The number of rotatable bonds is 2. The van der Waals surface area contributed by atoms with E-state index in [0.29, 0.717) is 0 Å². The number of hydrogen-bond donors (Lipinski definition) is 0. The van der Waals surface area contributed by atoms with Crippen LogP contribution in [0.25, 0.3) is 6.08 Å². The van der Waals surface area contributed by atoms with Crippen LogP contribution < -0.4 is 0 Å². The first-order valence-corrected chi connectivity index (χ1v) is 9.03. The summed E-state index contributed by atoms with van der Waals surface area (Å²) in [5.74, 6) is 0. The van der Waals surface area contributed by atoms with Crippen LogP contribution in [-0.2, 0) is 9.47 Å². The van der Waals surface area contributed by atoms with E-state index < -0.39 is 8.07 Å². The van der Waals surface area contributed by atoms with Gasteiger partial charge in [-0.3, -0.25) is 0 Å². The molecule has 0 aromatic heterocycles. The van der Waals surface area contributed by atoms with Crippen molar-refractivity contribution in [1.29, 1.82) is 0 Å². The molecule has 0 saturated heterocycles. The Morgan fingerprint density at radius 3 is 2.50 bits per heavy atom. The topological polar surface area (TPSA) is 18.5 Å². The van der Waals surface area contributed by atoms with E-state index in [9.17, 15) is 0 Å².